The summed E-state index contributed by atoms with van der Waals surface area (Å²) >= 11 is 0. The summed E-state index contributed by atoms with van der Waals surface area (Å²) in [5.41, 5.74) is 0. The molecule has 1 heterocycles. The van der Waals surface area contributed by atoms with Crippen LogP contribution in [-0.2, 0) is 4.79 Å². The number of carbonyl (C=O) groups is 1. The van der Waals surface area contributed by atoms with Crippen molar-refractivity contribution in [3.8, 4) is 6.07 Å². The molecule has 0 aromatic heterocycles. The standard InChI is InChI=1S/C9H15N3O/c1-7-5-11-9(13)8(3-4-10)12(2)6-7/h7-8H,3,5-6H2,1-2H3,(H,11,13). The number of nitriles is 1. The van der Waals surface area contributed by atoms with Gasteiger partial charge < -0.3 is 5.32 Å². The number of nitrogens with one attached hydrogen (secondary N) is 1. The maximum atomic E-state index is 11.5. The van der Waals surface area contributed by atoms with Gasteiger partial charge in [0, 0.05) is 13.1 Å². The summed E-state index contributed by atoms with van der Waals surface area (Å²) in [5, 5.41) is 11.4. The van der Waals surface area contributed by atoms with Crippen LogP contribution < -0.4 is 5.32 Å². The lowest BCUT2D eigenvalue weighted by atomic mass is 10.1. The Morgan fingerprint density at radius 2 is 2.46 bits per heavy atom. The fourth-order valence-corrected chi connectivity index (χ4v) is 1.61. The SMILES string of the molecule is CC1CNC(=O)C(CC#N)N(C)C1. The summed E-state index contributed by atoms with van der Waals surface area (Å²) < 4.78 is 0. The van der Waals surface area contributed by atoms with E-state index in [1.165, 1.54) is 0 Å². The van der Waals surface area contributed by atoms with Crippen molar-refractivity contribution in [3.05, 3.63) is 0 Å². The van der Waals surface area contributed by atoms with Gasteiger partial charge >= 0.3 is 0 Å². The Hall–Kier alpha value is -1.08. The molecule has 1 aliphatic rings. The molecule has 0 radical (unpaired) electrons. The average molecular weight is 181 g/mol. The first kappa shape index (κ1) is 10.0. The molecule has 72 valence electrons. The van der Waals surface area contributed by atoms with Crippen LogP contribution in [0, 0.1) is 17.2 Å². The number of rotatable bonds is 1. The molecule has 0 aromatic carbocycles. The molecule has 13 heavy (non-hydrogen) atoms. The van der Waals surface area contributed by atoms with Gasteiger partial charge in [-0.3, -0.25) is 9.69 Å². The van der Waals surface area contributed by atoms with Crippen molar-refractivity contribution in [1.29, 1.82) is 5.26 Å². The summed E-state index contributed by atoms with van der Waals surface area (Å²) in [5.74, 6) is 0.436. The zero-order valence-electron chi connectivity index (χ0n) is 8.08. The largest absolute Gasteiger partial charge is 0.354 e. The predicted molar refractivity (Wildman–Crippen MR) is 48.8 cm³/mol. The quantitative estimate of drug-likeness (QED) is 0.618. The predicted octanol–water partition coefficient (Wildman–Crippen LogP) is -0.0336. The van der Waals surface area contributed by atoms with Crippen molar-refractivity contribution < 1.29 is 4.79 Å². The van der Waals surface area contributed by atoms with Gasteiger partial charge in [0.05, 0.1) is 12.5 Å². The van der Waals surface area contributed by atoms with Gasteiger partial charge in [-0.25, -0.2) is 0 Å². The minimum Gasteiger partial charge on any atom is -0.354 e. The third-order valence-corrected chi connectivity index (χ3v) is 2.34. The molecule has 0 aliphatic carbocycles. The molecule has 2 atom stereocenters. The van der Waals surface area contributed by atoms with E-state index in [0.29, 0.717) is 12.5 Å². The molecular formula is C9H15N3O. The van der Waals surface area contributed by atoms with E-state index in [2.05, 4.69) is 12.2 Å². The summed E-state index contributed by atoms with van der Waals surface area (Å²) in [6.45, 7) is 3.67. The molecular weight excluding hydrogens is 166 g/mol. The highest BCUT2D eigenvalue weighted by Crippen LogP contribution is 2.09. The third kappa shape index (κ3) is 2.43. The minimum atomic E-state index is -0.269. The highest BCUT2D eigenvalue weighted by molar-refractivity contribution is 5.82. The van der Waals surface area contributed by atoms with Crippen LogP contribution in [0.3, 0.4) is 0 Å². The molecule has 2 unspecified atom stereocenters. The Morgan fingerprint density at radius 1 is 1.77 bits per heavy atom. The average Bonchev–Trinajstić information content (AvgIpc) is 2.19. The highest BCUT2D eigenvalue weighted by atomic mass is 16.2. The lowest BCUT2D eigenvalue weighted by Crippen LogP contribution is -2.41. The second-order valence-corrected chi connectivity index (χ2v) is 3.67. The van der Waals surface area contributed by atoms with Crippen molar-refractivity contribution in [1.82, 2.24) is 10.2 Å². The normalized spacial score (nSPS) is 30.4. The van der Waals surface area contributed by atoms with Crippen LogP contribution in [0.15, 0.2) is 0 Å². The van der Waals surface area contributed by atoms with E-state index in [4.69, 9.17) is 5.26 Å². The maximum Gasteiger partial charge on any atom is 0.238 e. The zero-order chi connectivity index (χ0) is 9.84. The molecule has 0 aromatic rings. The van der Waals surface area contributed by atoms with Crippen molar-refractivity contribution >= 4 is 5.91 Å². The summed E-state index contributed by atoms with van der Waals surface area (Å²) in [6, 6.07) is 1.77. The monoisotopic (exact) mass is 181 g/mol. The van der Waals surface area contributed by atoms with E-state index in [-0.39, 0.29) is 18.4 Å². The van der Waals surface area contributed by atoms with Crippen molar-refractivity contribution in [2.45, 2.75) is 19.4 Å². The summed E-state index contributed by atoms with van der Waals surface area (Å²) in [7, 11) is 1.89. The van der Waals surface area contributed by atoms with Crippen molar-refractivity contribution in [2.24, 2.45) is 5.92 Å². The van der Waals surface area contributed by atoms with Crippen LogP contribution in [0.2, 0.25) is 0 Å². The van der Waals surface area contributed by atoms with Crippen LogP contribution in [0.1, 0.15) is 13.3 Å². The highest BCUT2D eigenvalue weighted by Gasteiger charge is 2.27. The third-order valence-electron chi connectivity index (χ3n) is 2.34. The van der Waals surface area contributed by atoms with Gasteiger partial charge in [0.15, 0.2) is 0 Å². The fraction of sp³-hybridized carbons (Fsp3) is 0.778. The second-order valence-electron chi connectivity index (χ2n) is 3.67. The summed E-state index contributed by atoms with van der Waals surface area (Å²) in [4.78, 5) is 13.4. The van der Waals surface area contributed by atoms with Crippen LogP contribution in [0.4, 0.5) is 0 Å². The smallest absolute Gasteiger partial charge is 0.238 e. The molecule has 0 bridgehead atoms. The van der Waals surface area contributed by atoms with Gasteiger partial charge in [0.25, 0.3) is 0 Å². The summed E-state index contributed by atoms with van der Waals surface area (Å²) in [6.07, 6.45) is 0.273. The van der Waals surface area contributed by atoms with Crippen LogP contribution in [-0.4, -0.2) is 37.0 Å². The second kappa shape index (κ2) is 4.24. The number of carbonyl (C=O) groups excluding carboxylic acids is 1. The first-order valence-corrected chi connectivity index (χ1v) is 4.50. The first-order chi connectivity index (χ1) is 6.15. The maximum absolute atomic E-state index is 11.5. The van der Waals surface area contributed by atoms with Gasteiger partial charge in [-0.1, -0.05) is 6.92 Å². The molecule has 1 saturated heterocycles. The van der Waals surface area contributed by atoms with Crippen LogP contribution in [0.25, 0.3) is 0 Å². The van der Waals surface area contributed by atoms with Crippen molar-refractivity contribution in [2.75, 3.05) is 20.1 Å². The van der Waals surface area contributed by atoms with E-state index in [0.717, 1.165) is 6.54 Å². The minimum absolute atomic E-state index is 0.0200. The topological polar surface area (TPSA) is 56.1 Å². The van der Waals surface area contributed by atoms with E-state index < -0.39 is 0 Å². The zero-order valence-corrected chi connectivity index (χ0v) is 8.08. The molecule has 0 spiro atoms. The Kier molecular flexibility index (Phi) is 3.26. The van der Waals surface area contributed by atoms with E-state index in [1.54, 1.807) is 0 Å². The van der Waals surface area contributed by atoms with Gasteiger partial charge in [0.2, 0.25) is 5.91 Å². The lowest BCUT2D eigenvalue weighted by molar-refractivity contribution is -0.124. The van der Waals surface area contributed by atoms with Crippen LogP contribution in [0.5, 0.6) is 0 Å². The number of amides is 1. The Labute approximate surface area is 78.5 Å². The molecule has 4 nitrogen and oxygen atoms in total. The molecule has 1 aliphatic heterocycles. The van der Waals surface area contributed by atoms with Gasteiger partial charge in [0.1, 0.15) is 6.04 Å². The molecule has 1 fully saturated rings. The van der Waals surface area contributed by atoms with Gasteiger partial charge in [-0.2, -0.15) is 5.26 Å². The van der Waals surface area contributed by atoms with E-state index in [1.807, 2.05) is 18.0 Å². The Bertz CT molecular complexity index is 234. The van der Waals surface area contributed by atoms with Gasteiger partial charge in [-0.15, -0.1) is 0 Å². The van der Waals surface area contributed by atoms with E-state index in [9.17, 15) is 4.79 Å². The number of likely N-dealkylation sites (N-methyl/N-ethyl adjacent to an activating group) is 1. The first-order valence-electron chi connectivity index (χ1n) is 4.50. The number of hydrogen-bond acceptors (Lipinski definition) is 3. The molecule has 1 amide bonds. The van der Waals surface area contributed by atoms with Crippen molar-refractivity contribution in [3.63, 3.8) is 0 Å². The molecule has 4 heteroatoms. The number of hydrogen-bond donors (Lipinski definition) is 1. The molecule has 1 N–H and O–H groups in total. The lowest BCUT2D eigenvalue weighted by Gasteiger charge is -2.22. The number of nitrogens with zero attached hydrogens (tertiary/aromatic N) is 2. The van der Waals surface area contributed by atoms with Crippen LogP contribution >= 0.6 is 0 Å². The Balaban J connectivity index is 2.68. The Morgan fingerprint density at radius 3 is 3.08 bits per heavy atom. The van der Waals surface area contributed by atoms with Gasteiger partial charge in [-0.05, 0) is 13.0 Å². The van der Waals surface area contributed by atoms with E-state index >= 15 is 0 Å². The fourth-order valence-electron chi connectivity index (χ4n) is 1.61. The molecule has 1 rings (SSSR count). The molecule has 0 saturated carbocycles.